The third-order valence-electron chi connectivity index (χ3n) is 2.95. The summed E-state index contributed by atoms with van der Waals surface area (Å²) in [4.78, 5) is 15.1. The summed E-state index contributed by atoms with van der Waals surface area (Å²) in [5, 5.41) is 7.91. The lowest BCUT2D eigenvalue weighted by Gasteiger charge is -2.07. The molecule has 1 heterocycles. The third-order valence-corrected chi connectivity index (χ3v) is 5.16. The van der Waals surface area contributed by atoms with Gasteiger partial charge in [-0.25, -0.2) is 4.99 Å². The monoisotopic (exact) mass is 480 g/mol. The fraction of sp³-hybridized carbons (Fsp3) is 0.0625. The number of carbonyl (C=O) groups is 1. The van der Waals surface area contributed by atoms with Crippen molar-refractivity contribution in [1.82, 2.24) is 5.32 Å². The van der Waals surface area contributed by atoms with E-state index in [1.807, 2.05) is 0 Å². The van der Waals surface area contributed by atoms with Crippen LogP contribution in [0.15, 0.2) is 41.4 Å². The summed E-state index contributed by atoms with van der Waals surface area (Å²) in [7, 11) is 0. The molecule has 3 rings (SSSR count). The number of halogens is 4. The van der Waals surface area contributed by atoms with Gasteiger partial charge in [0.15, 0.2) is 10.3 Å². The lowest BCUT2D eigenvalue weighted by molar-refractivity contribution is -0.116. The fourth-order valence-electron chi connectivity index (χ4n) is 1.82. The maximum atomic E-state index is 10.9. The predicted molar refractivity (Wildman–Crippen MR) is 121 cm³/mol. The summed E-state index contributed by atoms with van der Waals surface area (Å²) in [6.07, 6.45) is 0. The third kappa shape index (κ3) is 6.71. The quantitative estimate of drug-likeness (QED) is 0.494. The average molecular weight is 482 g/mol. The van der Waals surface area contributed by atoms with Crippen molar-refractivity contribution < 1.29 is 4.79 Å². The standard InChI is InChI=1S/C9H6Cl2N2OS.C7H6Cl2N2S/c10-5-2-1-3-6(11)8(5)13-9-12-7(14)4-15-9;8-4-2-1-3-5(9)6(4)11-7(10)12/h1-3H,4H2,(H,12,13,14);1-3H,(H3,10,11,12). The highest BCUT2D eigenvalue weighted by Gasteiger charge is 2.17. The number of amides is 1. The number of nitrogens with zero attached hydrogens (tertiary/aromatic N) is 1. The first kappa shape index (κ1) is 22.1. The maximum absolute atomic E-state index is 10.9. The van der Waals surface area contributed by atoms with Crippen LogP contribution in [0.3, 0.4) is 0 Å². The van der Waals surface area contributed by atoms with Crippen LogP contribution in [0, 0.1) is 0 Å². The van der Waals surface area contributed by atoms with Gasteiger partial charge in [0.25, 0.3) is 0 Å². The number of thiocarbonyl (C=S) groups is 1. The minimum atomic E-state index is -0.0538. The summed E-state index contributed by atoms with van der Waals surface area (Å²) in [6, 6.07) is 10.3. The van der Waals surface area contributed by atoms with E-state index in [1.165, 1.54) is 11.8 Å². The molecule has 27 heavy (non-hydrogen) atoms. The van der Waals surface area contributed by atoms with Gasteiger partial charge >= 0.3 is 0 Å². The van der Waals surface area contributed by atoms with Crippen LogP contribution in [0.1, 0.15) is 0 Å². The topological polar surface area (TPSA) is 79.5 Å². The van der Waals surface area contributed by atoms with Crippen molar-refractivity contribution in [2.24, 2.45) is 10.7 Å². The van der Waals surface area contributed by atoms with Gasteiger partial charge < -0.3 is 16.4 Å². The molecule has 1 amide bonds. The molecule has 2 aromatic rings. The van der Waals surface area contributed by atoms with Crippen molar-refractivity contribution in [2.75, 3.05) is 11.1 Å². The Hall–Kier alpha value is -1.22. The van der Waals surface area contributed by atoms with Crippen molar-refractivity contribution in [3.63, 3.8) is 0 Å². The molecule has 0 aliphatic carbocycles. The van der Waals surface area contributed by atoms with E-state index in [2.05, 4.69) is 27.8 Å². The minimum Gasteiger partial charge on any atom is -0.376 e. The number of nitrogens with one attached hydrogen (secondary N) is 2. The lowest BCUT2D eigenvalue weighted by atomic mass is 10.3. The highest BCUT2D eigenvalue weighted by Crippen LogP contribution is 2.33. The number of rotatable bonds is 2. The zero-order chi connectivity index (χ0) is 20.0. The first-order valence-electron chi connectivity index (χ1n) is 7.23. The molecule has 0 unspecified atom stereocenters. The maximum Gasteiger partial charge on any atom is 0.236 e. The summed E-state index contributed by atoms with van der Waals surface area (Å²) in [5.74, 6) is 0.336. The van der Waals surface area contributed by atoms with Crippen molar-refractivity contribution in [1.29, 1.82) is 0 Å². The van der Waals surface area contributed by atoms with Gasteiger partial charge in [-0.15, -0.1) is 0 Å². The zero-order valence-corrected chi connectivity index (χ0v) is 18.1. The minimum absolute atomic E-state index is 0.0538. The van der Waals surface area contributed by atoms with E-state index < -0.39 is 0 Å². The molecule has 1 aliphatic heterocycles. The van der Waals surface area contributed by atoms with E-state index >= 15 is 0 Å². The summed E-state index contributed by atoms with van der Waals surface area (Å²) in [6.45, 7) is 0. The SMILES string of the molecule is NC(=S)Nc1c(Cl)cccc1Cl.O=C1CSC(=Nc2c(Cl)cccc2Cl)N1. The molecule has 1 saturated heterocycles. The Balaban J connectivity index is 0.000000199. The molecule has 142 valence electrons. The molecule has 5 nitrogen and oxygen atoms in total. The summed E-state index contributed by atoms with van der Waals surface area (Å²) >= 11 is 29.5. The molecule has 1 fully saturated rings. The number of hydrogen-bond acceptors (Lipinski definition) is 4. The highest BCUT2D eigenvalue weighted by atomic mass is 35.5. The molecular weight excluding hydrogens is 470 g/mol. The van der Waals surface area contributed by atoms with Crippen LogP contribution in [0.5, 0.6) is 0 Å². The number of anilines is 1. The summed E-state index contributed by atoms with van der Waals surface area (Å²) in [5.41, 5.74) is 6.31. The smallest absolute Gasteiger partial charge is 0.236 e. The number of nitrogens with two attached hydrogens (primary N) is 1. The molecule has 0 bridgehead atoms. The average Bonchev–Trinajstić information content (AvgIpc) is 3.00. The van der Waals surface area contributed by atoms with Crippen molar-refractivity contribution in [3.8, 4) is 0 Å². The lowest BCUT2D eigenvalue weighted by Crippen LogP contribution is -2.19. The molecule has 0 spiro atoms. The van der Waals surface area contributed by atoms with E-state index in [0.29, 0.717) is 42.4 Å². The Morgan fingerprint density at radius 1 is 1.07 bits per heavy atom. The van der Waals surface area contributed by atoms with E-state index in [1.54, 1.807) is 36.4 Å². The number of carbonyl (C=O) groups excluding carboxylic acids is 1. The number of aliphatic imine (C=N–C) groups is 1. The highest BCUT2D eigenvalue weighted by molar-refractivity contribution is 8.15. The number of para-hydroxylation sites is 2. The second-order valence-corrected chi connectivity index (χ2v) is 7.94. The molecule has 0 atom stereocenters. The second-order valence-electron chi connectivity index (χ2n) is 4.91. The van der Waals surface area contributed by atoms with Crippen molar-refractivity contribution >= 4 is 97.9 Å². The van der Waals surface area contributed by atoms with Crippen molar-refractivity contribution in [2.45, 2.75) is 0 Å². The largest absolute Gasteiger partial charge is 0.376 e. The normalized spacial score (nSPS) is 14.4. The molecule has 11 heteroatoms. The predicted octanol–water partition coefficient (Wildman–Crippen LogP) is 5.49. The number of amidine groups is 1. The molecule has 2 aromatic carbocycles. The molecule has 0 saturated carbocycles. The summed E-state index contributed by atoms with van der Waals surface area (Å²) < 4.78 is 0. The van der Waals surface area contributed by atoms with E-state index in [-0.39, 0.29) is 11.0 Å². The number of benzene rings is 2. The Morgan fingerprint density at radius 3 is 2.04 bits per heavy atom. The Morgan fingerprint density at radius 2 is 1.59 bits per heavy atom. The molecule has 0 aromatic heterocycles. The van der Waals surface area contributed by atoms with Crippen LogP contribution >= 0.6 is 70.4 Å². The van der Waals surface area contributed by atoms with E-state index in [4.69, 9.17) is 52.1 Å². The van der Waals surface area contributed by atoms with Gasteiger partial charge in [-0.1, -0.05) is 70.3 Å². The van der Waals surface area contributed by atoms with Gasteiger partial charge in [0, 0.05) is 0 Å². The Bertz CT molecular complexity index is 867. The van der Waals surface area contributed by atoms with Crippen LogP contribution in [0.4, 0.5) is 11.4 Å². The van der Waals surface area contributed by atoms with Gasteiger partial charge in [-0.2, -0.15) is 0 Å². The van der Waals surface area contributed by atoms with Gasteiger partial charge in [0.2, 0.25) is 5.91 Å². The van der Waals surface area contributed by atoms with Gasteiger partial charge in [-0.05, 0) is 36.5 Å². The van der Waals surface area contributed by atoms with Crippen LogP contribution in [-0.4, -0.2) is 21.9 Å². The van der Waals surface area contributed by atoms with Crippen molar-refractivity contribution in [3.05, 3.63) is 56.5 Å². The number of hydrogen-bond donors (Lipinski definition) is 3. The molecular formula is C16H12Cl4N4OS2. The van der Waals surface area contributed by atoms with Gasteiger partial charge in [0.1, 0.15) is 5.69 Å². The van der Waals surface area contributed by atoms with E-state index in [9.17, 15) is 4.79 Å². The molecule has 1 aliphatic rings. The zero-order valence-electron chi connectivity index (χ0n) is 13.4. The Labute approximate surface area is 185 Å². The van der Waals surface area contributed by atoms with Crippen LogP contribution in [0.2, 0.25) is 20.1 Å². The first-order chi connectivity index (χ1) is 12.8. The van der Waals surface area contributed by atoms with Crippen LogP contribution in [-0.2, 0) is 4.79 Å². The fourth-order valence-corrected chi connectivity index (χ4v) is 3.58. The Kier molecular flexibility index (Phi) is 8.47. The molecule has 0 radical (unpaired) electrons. The number of thioether (sulfide) groups is 1. The van der Waals surface area contributed by atoms with Crippen LogP contribution < -0.4 is 16.4 Å². The first-order valence-corrected chi connectivity index (χ1v) is 10.1. The van der Waals surface area contributed by atoms with Crippen LogP contribution in [0.25, 0.3) is 0 Å². The van der Waals surface area contributed by atoms with E-state index in [0.717, 1.165) is 0 Å². The van der Waals surface area contributed by atoms with Gasteiger partial charge in [0.05, 0.1) is 31.5 Å². The second kappa shape index (κ2) is 10.4. The van der Waals surface area contributed by atoms with Gasteiger partial charge in [-0.3, -0.25) is 4.79 Å². The molecule has 4 N–H and O–H groups in total.